The Hall–Kier alpha value is -1.10. The molecule has 18 heavy (non-hydrogen) atoms. The normalized spacial score (nSPS) is 22.7. The predicted molar refractivity (Wildman–Crippen MR) is 69.8 cm³/mol. The van der Waals surface area contributed by atoms with E-state index in [9.17, 15) is 5.11 Å². The maximum absolute atomic E-state index is 10.4. The second kappa shape index (κ2) is 6.18. The highest BCUT2D eigenvalue weighted by atomic mass is 16.5. The van der Waals surface area contributed by atoms with Gasteiger partial charge in [0.2, 0.25) is 0 Å². The summed E-state index contributed by atoms with van der Waals surface area (Å²) in [6.07, 6.45) is -0.828. The molecule has 2 rings (SSSR count). The summed E-state index contributed by atoms with van der Waals surface area (Å²) in [6, 6.07) is 7.55. The van der Waals surface area contributed by atoms with Gasteiger partial charge >= 0.3 is 0 Å². The van der Waals surface area contributed by atoms with E-state index in [0.29, 0.717) is 12.4 Å². The van der Waals surface area contributed by atoms with Gasteiger partial charge in [-0.05, 0) is 12.6 Å². The molecule has 2 atom stereocenters. The smallest absolute Gasteiger partial charge is 0.124 e. The first-order chi connectivity index (χ1) is 8.76. The molecule has 1 fully saturated rings. The van der Waals surface area contributed by atoms with Gasteiger partial charge in [-0.15, -0.1) is 0 Å². The molecule has 1 aliphatic rings. The number of benzene rings is 1. The van der Waals surface area contributed by atoms with Crippen molar-refractivity contribution >= 4 is 0 Å². The Kier molecular flexibility index (Phi) is 4.58. The van der Waals surface area contributed by atoms with Crippen LogP contribution in [0.5, 0.6) is 5.75 Å². The molecule has 0 aromatic heterocycles. The first-order valence-corrected chi connectivity index (χ1v) is 6.41. The van der Waals surface area contributed by atoms with Crippen molar-refractivity contribution < 1.29 is 14.6 Å². The number of aliphatic hydroxyl groups excluding tert-OH is 1. The first-order valence-electron chi connectivity index (χ1n) is 6.41. The minimum Gasteiger partial charge on any atom is -0.496 e. The number of hydrogen-bond acceptors (Lipinski definition) is 4. The third-order valence-corrected chi connectivity index (χ3v) is 3.43. The molecule has 0 aliphatic carbocycles. The van der Waals surface area contributed by atoms with Crippen LogP contribution in [-0.2, 0) is 4.74 Å². The van der Waals surface area contributed by atoms with E-state index in [1.807, 2.05) is 24.3 Å². The van der Waals surface area contributed by atoms with Crippen LogP contribution in [0.4, 0.5) is 0 Å². The lowest BCUT2D eigenvalue weighted by molar-refractivity contribution is -0.0893. The van der Waals surface area contributed by atoms with Gasteiger partial charge in [-0.2, -0.15) is 0 Å². The van der Waals surface area contributed by atoms with Crippen molar-refractivity contribution in [1.82, 2.24) is 4.90 Å². The fraction of sp³-hybridized carbons (Fsp3) is 0.571. The first kappa shape index (κ1) is 13.3. The summed E-state index contributed by atoms with van der Waals surface area (Å²) in [5.74, 6) is 0.710. The second-order valence-electron chi connectivity index (χ2n) is 4.49. The summed E-state index contributed by atoms with van der Waals surface area (Å²) < 4.78 is 11.0. The summed E-state index contributed by atoms with van der Waals surface area (Å²) in [6.45, 7) is 5.47. The molecule has 0 saturated carbocycles. The van der Waals surface area contributed by atoms with Crippen LogP contribution in [0.3, 0.4) is 0 Å². The lowest BCUT2D eigenvalue weighted by atomic mass is 10.0. The van der Waals surface area contributed by atoms with E-state index in [2.05, 4.69) is 11.8 Å². The van der Waals surface area contributed by atoms with Gasteiger partial charge in [0, 0.05) is 18.7 Å². The Morgan fingerprint density at radius 1 is 1.50 bits per heavy atom. The molecule has 4 nitrogen and oxygen atoms in total. The molecule has 1 aromatic rings. The molecule has 1 saturated heterocycles. The van der Waals surface area contributed by atoms with E-state index in [1.54, 1.807) is 7.11 Å². The van der Waals surface area contributed by atoms with Gasteiger partial charge in [-0.3, -0.25) is 4.90 Å². The maximum Gasteiger partial charge on any atom is 0.124 e. The summed E-state index contributed by atoms with van der Waals surface area (Å²) >= 11 is 0. The third-order valence-electron chi connectivity index (χ3n) is 3.43. The van der Waals surface area contributed by atoms with E-state index < -0.39 is 6.10 Å². The molecule has 4 heteroatoms. The number of ether oxygens (including phenoxy) is 2. The number of morpholine rings is 1. The Morgan fingerprint density at radius 3 is 3.00 bits per heavy atom. The summed E-state index contributed by atoms with van der Waals surface area (Å²) in [5.41, 5.74) is 0.794. The number of para-hydroxylation sites is 1. The van der Waals surface area contributed by atoms with E-state index in [1.165, 1.54) is 0 Å². The monoisotopic (exact) mass is 251 g/mol. The van der Waals surface area contributed by atoms with Crippen molar-refractivity contribution in [1.29, 1.82) is 0 Å². The van der Waals surface area contributed by atoms with Crippen LogP contribution in [0.1, 0.15) is 18.6 Å². The number of aliphatic hydroxyl groups is 1. The summed E-state index contributed by atoms with van der Waals surface area (Å²) in [5, 5.41) is 10.4. The van der Waals surface area contributed by atoms with Crippen molar-refractivity contribution in [2.75, 3.05) is 33.4 Å². The average molecular weight is 251 g/mol. The van der Waals surface area contributed by atoms with Gasteiger partial charge in [0.25, 0.3) is 0 Å². The van der Waals surface area contributed by atoms with E-state index in [4.69, 9.17) is 9.47 Å². The van der Waals surface area contributed by atoms with E-state index in [0.717, 1.165) is 25.2 Å². The fourth-order valence-corrected chi connectivity index (χ4v) is 2.32. The minimum absolute atomic E-state index is 0.185. The van der Waals surface area contributed by atoms with Crippen LogP contribution in [0.2, 0.25) is 0 Å². The fourth-order valence-electron chi connectivity index (χ4n) is 2.32. The minimum atomic E-state index is -0.643. The van der Waals surface area contributed by atoms with Crippen LogP contribution in [0.15, 0.2) is 24.3 Å². The number of nitrogens with zero attached hydrogens (tertiary/aromatic N) is 1. The summed E-state index contributed by atoms with van der Waals surface area (Å²) in [4.78, 5) is 2.28. The SMILES string of the molecule is CCN1CCOC(C(O)c2ccccc2OC)C1. The van der Waals surface area contributed by atoms with Gasteiger partial charge in [-0.25, -0.2) is 0 Å². The Balaban J connectivity index is 2.12. The standard InChI is InChI=1S/C14H21NO3/c1-3-15-8-9-18-13(10-15)14(16)11-6-4-5-7-12(11)17-2/h4-7,13-14,16H,3,8-10H2,1-2H3. The van der Waals surface area contributed by atoms with Gasteiger partial charge in [0.1, 0.15) is 18.0 Å². The van der Waals surface area contributed by atoms with Crippen LogP contribution >= 0.6 is 0 Å². The molecular formula is C14H21NO3. The molecule has 1 aromatic carbocycles. The van der Waals surface area contributed by atoms with Crippen LogP contribution in [0.25, 0.3) is 0 Å². The molecule has 0 amide bonds. The lowest BCUT2D eigenvalue weighted by Gasteiger charge is -2.34. The third kappa shape index (κ3) is 2.83. The Labute approximate surface area is 108 Å². The second-order valence-corrected chi connectivity index (χ2v) is 4.49. The number of methoxy groups -OCH3 is 1. The molecule has 100 valence electrons. The molecule has 1 heterocycles. The molecule has 0 radical (unpaired) electrons. The molecule has 0 bridgehead atoms. The van der Waals surface area contributed by atoms with Gasteiger partial charge in [0.15, 0.2) is 0 Å². The average Bonchev–Trinajstić information content (AvgIpc) is 2.46. The van der Waals surface area contributed by atoms with Crippen molar-refractivity contribution in [3.8, 4) is 5.75 Å². The Morgan fingerprint density at radius 2 is 2.28 bits per heavy atom. The van der Waals surface area contributed by atoms with E-state index >= 15 is 0 Å². The zero-order valence-corrected chi connectivity index (χ0v) is 11.0. The van der Waals surface area contributed by atoms with Crippen molar-refractivity contribution in [3.05, 3.63) is 29.8 Å². The quantitative estimate of drug-likeness (QED) is 0.879. The molecule has 1 N–H and O–H groups in total. The van der Waals surface area contributed by atoms with Gasteiger partial charge in [0.05, 0.1) is 13.7 Å². The highest BCUT2D eigenvalue weighted by molar-refractivity contribution is 5.35. The van der Waals surface area contributed by atoms with Crippen LogP contribution in [0, 0.1) is 0 Å². The lowest BCUT2D eigenvalue weighted by Crippen LogP contribution is -2.44. The van der Waals surface area contributed by atoms with Crippen LogP contribution in [-0.4, -0.2) is 49.5 Å². The predicted octanol–water partition coefficient (Wildman–Crippen LogP) is 1.45. The maximum atomic E-state index is 10.4. The number of hydrogen-bond donors (Lipinski definition) is 1. The van der Waals surface area contributed by atoms with Crippen molar-refractivity contribution in [2.45, 2.75) is 19.1 Å². The van der Waals surface area contributed by atoms with Crippen molar-refractivity contribution in [2.24, 2.45) is 0 Å². The highest BCUT2D eigenvalue weighted by Crippen LogP contribution is 2.29. The van der Waals surface area contributed by atoms with Gasteiger partial charge in [-0.1, -0.05) is 25.1 Å². The summed E-state index contributed by atoms with van der Waals surface area (Å²) in [7, 11) is 1.62. The highest BCUT2D eigenvalue weighted by Gasteiger charge is 2.28. The molecule has 0 spiro atoms. The zero-order chi connectivity index (χ0) is 13.0. The van der Waals surface area contributed by atoms with Crippen LogP contribution < -0.4 is 4.74 Å². The van der Waals surface area contributed by atoms with Gasteiger partial charge < -0.3 is 14.6 Å². The molecule has 1 aliphatic heterocycles. The number of likely N-dealkylation sites (N-methyl/N-ethyl adjacent to an activating group) is 1. The van der Waals surface area contributed by atoms with Crippen molar-refractivity contribution in [3.63, 3.8) is 0 Å². The molecular weight excluding hydrogens is 230 g/mol. The Bertz CT molecular complexity index is 383. The largest absolute Gasteiger partial charge is 0.496 e. The van der Waals surface area contributed by atoms with E-state index in [-0.39, 0.29) is 6.10 Å². The topological polar surface area (TPSA) is 41.9 Å². The number of rotatable bonds is 4. The molecule has 2 unspecified atom stereocenters. The zero-order valence-electron chi connectivity index (χ0n) is 11.0.